The zero-order valence-corrected chi connectivity index (χ0v) is 11.2. The number of rotatable bonds is 4. The number of carboxylic acid groups (broad SMARTS) is 1. The van der Waals surface area contributed by atoms with Crippen LogP contribution in [0.1, 0.15) is 20.8 Å². The predicted molar refractivity (Wildman–Crippen MR) is 71.5 cm³/mol. The van der Waals surface area contributed by atoms with E-state index in [1.165, 1.54) is 0 Å². The molecule has 0 heterocycles. The van der Waals surface area contributed by atoms with Gasteiger partial charge in [-0.25, -0.2) is 9.59 Å². The van der Waals surface area contributed by atoms with E-state index in [9.17, 15) is 9.59 Å². The van der Waals surface area contributed by atoms with Crippen molar-refractivity contribution in [2.75, 3.05) is 11.9 Å². The number of hydrogen-bond acceptors (Lipinski definition) is 3. The van der Waals surface area contributed by atoms with Crippen molar-refractivity contribution in [1.82, 2.24) is 5.32 Å². The number of urea groups is 1. The quantitative estimate of drug-likeness (QED) is 0.778. The molecule has 104 valence electrons. The molecule has 2 amide bonds. The molecule has 0 unspecified atom stereocenters. The van der Waals surface area contributed by atoms with Gasteiger partial charge in [-0.3, -0.25) is 0 Å². The molecule has 1 aromatic rings. The minimum atomic E-state index is -1.08. The molecule has 0 aliphatic carbocycles. The third kappa shape index (κ3) is 5.76. The van der Waals surface area contributed by atoms with Gasteiger partial charge in [0, 0.05) is 5.54 Å². The molecule has 0 saturated heterocycles. The van der Waals surface area contributed by atoms with E-state index in [4.69, 9.17) is 9.84 Å². The third-order valence-electron chi connectivity index (χ3n) is 1.97. The largest absolute Gasteiger partial charge is 0.480 e. The summed E-state index contributed by atoms with van der Waals surface area (Å²) in [4.78, 5) is 22.2. The molecule has 1 aromatic carbocycles. The van der Waals surface area contributed by atoms with E-state index >= 15 is 0 Å². The van der Waals surface area contributed by atoms with Gasteiger partial charge >= 0.3 is 12.0 Å². The standard InChI is InChI=1S/C13H18N2O4/c1-13(2,3)15-12(18)14-9-6-4-5-7-10(9)19-8-11(16)17/h4-7H,8H2,1-3H3,(H,16,17)(H2,14,15,18). The fourth-order valence-electron chi connectivity index (χ4n) is 1.33. The highest BCUT2D eigenvalue weighted by molar-refractivity contribution is 5.91. The number of ether oxygens (including phenoxy) is 1. The monoisotopic (exact) mass is 266 g/mol. The number of hydrogen-bond donors (Lipinski definition) is 3. The van der Waals surface area contributed by atoms with E-state index in [2.05, 4.69) is 10.6 Å². The first-order valence-corrected chi connectivity index (χ1v) is 5.81. The molecular formula is C13H18N2O4. The lowest BCUT2D eigenvalue weighted by atomic mass is 10.1. The molecule has 1 rings (SSSR count). The second-order valence-corrected chi connectivity index (χ2v) is 5.01. The Morgan fingerprint density at radius 1 is 1.26 bits per heavy atom. The molecule has 0 bridgehead atoms. The van der Waals surface area contributed by atoms with Gasteiger partial charge in [-0.05, 0) is 32.9 Å². The number of nitrogens with one attached hydrogen (secondary N) is 2. The van der Waals surface area contributed by atoms with E-state index in [-0.39, 0.29) is 11.6 Å². The molecule has 19 heavy (non-hydrogen) atoms. The number of anilines is 1. The number of carbonyl (C=O) groups is 2. The summed E-state index contributed by atoms with van der Waals surface area (Å²) in [6.07, 6.45) is 0. The van der Waals surface area contributed by atoms with Crippen LogP contribution in [-0.2, 0) is 4.79 Å². The maximum atomic E-state index is 11.7. The van der Waals surface area contributed by atoms with Crippen LogP contribution in [0, 0.1) is 0 Å². The zero-order valence-electron chi connectivity index (χ0n) is 11.2. The molecule has 0 aliphatic rings. The Hall–Kier alpha value is -2.24. The highest BCUT2D eigenvalue weighted by Gasteiger charge is 2.15. The Labute approximate surface area is 111 Å². The van der Waals surface area contributed by atoms with Crippen LogP contribution in [0.3, 0.4) is 0 Å². The van der Waals surface area contributed by atoms with E-state index in [1.807, 2.05) is 20.8 Å². The molecule has 6 heteroatoms. The normalized spacial score (nSPS) is 10.7. The summed E-state index contributed by atoms with van der Waals surface area (Å²) >= 11 is 0. The Bertz CT molecular complexity index is 466. The average molecular weight is 266 g/mol. The summed E-state index contributed by atoms with van der Waals surface area (Å²) in [5, 5.41) is 13.9. The van der Waals surface area contributed by atoms with Gasteiger partial charge in [-0.2, -0.15) is 0 Å². The minimum Gasteiger partial charge on any atom is -0.480 e. The smallest absolute Gasteiger partial charge is 0.341 e. The number of amides is 2. The van der Waals surface area contributed by atoms with Gasteiger partial charge in [0.25, 0.3) is 0 Å². The topological polar surface area (TPSA) is 87.7 Å². The summed E-state index contributed by atoms with van der Waals surface area (Å²) in [6.45, 7) is 5.12. The SMILES string of the molecule is CC(C)(C)NC(=O)Nc1ccccc1OCC(=O)O. The summed E-state index contributed by atoms with van der Waals surface area (Å²) in [6, 6.07) is 6.28. The molecule has 0 spiro atoms. The Morgan fingerprint density at radius 3 is 2.47 bits per heavy atom. The number of benzene rings is 1. The van der Waals surface area contributed by atoms with Crippen molar-refractivity contribution in [2.45, 2.75) is 26.3 Å². The Morgan fingerprint density at radius 2 is 1.89 bits per heavy atom. The molecular weight excluding hydrogens is 248 g/mol. The van der Waals surface area contributed by atoms with E-state index in [1.54, 1.807) is 24.3 Å². The van der Waals surface area contributed by atoms with E-state index in [0.29, 0.717) is 11.4 Å². The maximum Gasteiger partial charge on any atom is 0.341 e. The van der Waals surface area contributed by atoms with Crippen LogP contribution in [0.15, 0.2) is 24.3 Å². The Balaban J connectivity index is 2.72. The van der Waals surface area contributed by atoms with Crippen LogP contribution in [0.2, 0.25) is 0 Å². The van der Waals surface area contributed by atoms with Gasteiger partial charge in [0.15, 0.2) is 6.61 Å². The van der Waals surface area contributed by atoms with Gasteiger partial charge in [0.1, 0.15) is 5.75 Å². The van der Waals surface area contributed by atoms with Crippen LogP contribution in [0.4, 0.5) is 10.5 Å². The lowest BCUT2D eigenvalue weighted by Crippen LogP contribution is -2.43. The van der Waals surface area contributed by atoms with Crippen LogP contribution in [-0.4, -0.2) is 29.3 Å². The number of carbonyl (C=O) groups excluding carboxylic acids is 1. The molecule has 0 atom stereocenters. The van der Waals surface area contributed by atoms with Crippen molar-refractivity contribution in [3.63, 3.8) is 0 Å². The van der Waals surface area contributed by atoms with E-state index in [0.717, 1.165) is 0 Å². The van der Waals surface area contributed by atoms with Gasteiger partial charge in [-0.15, -0.1) is 0 Å². The van der Waals surface area contributed by atoms with Gasteiger partial charge < -0.3 is 20.5 Å². The average Bonchev–Trinajstić information content (AvgIpc) is 2.25. The summed E-state index contributed by atoms with van der Waals surface area (Å²) in [5.41, 5.74) is 0.0616. The number of aliphatic carboxylic acids is 1. The van der Waals surface area contributed by atoms with Crippen molar-refractivity contribution < 1.29 is 19.4 Å². The first-order valence-electron chi connectivity index (χ1n) is 5.81. The zero-order chi connectivity index (χ0) is 14.5. The first kappa shape index (κ1) is 14.8. The molecule has 3 N–H and O–H groups in total. The third-order valence-corrected chi connectivity index (χ3v) is 1.97. The Kier molecular flexibility index (Phi) is 4.74. The molecule has 0 fully saturated rings. The molecule has 6 nitrogen and oxygen atoms in total. The van der Waals surface area contributed by atoms with Crippen LogP contribution in [0.25, 0.3) is 0 Å². The lowest BCUT2D eigenvalue weighted by Gasteiger charge is -2.21. The highest BCUT2D eigenvalue weighted by Crippen LogP contribution is 2.23. The lowest BCUT2D eigenvalue weighted by molar-refractivity contribution is -0.139. The van der Waals surface area contributed by atoms with Crippen molar-refractivity contribution in [2.24, 2.45) is 0 Å². The predicted octanol–water partition coefficient (Wildman–Crippen LogP) is 2.07. The summed E-state index contributed by atoms with van der Waals surface area (Å²) < 4.78 is 5.09. The minimum absolute atomic E-state index is 0.314. The number of para-hydroxylation sites is 2. The van der Waals surface area contributed by atoms with Crippen molar-refractivity contribution in [1.29, 1.82) is 0 Å². The van der Waals surface area contributed by atoms with Crippen LogP contribution < -0.4 is 15.4 Å². The molecule has 0 saturated carbocycles. The van der Waals surface area contributed by atoms with Crippen LogP contribution >= 0.6 is 0 Å². The molecule has 0 aromatic heterocycles. The first-order chi connectivity index (χ1) is 8.78. The van der Waals surface area contributed by atoms with E-state index < -0.39 is 12.6 Å². The van der Waals surface area contributed by atoms with Crippen molar-refractivity contribution >= 4 is 17.7 Å². The maximum absolute atomic E-state index is 11.7. The van der Waals surface area contributed by atoms with Gasteiger partial charge in [0.2, 0.25) is 0 Å². The van der Waals surface area contributed by atoms with Crippen molar-refractivity contribution in [3.05, 3.63) is 24.3 Å². The van der Waals surface area contributed by atoms with Crippen LogP contribution in [0.5, 0.6) is 5.75 Å². The van der Waals surface area contributed by atoms with Gasteiger partial charge in [-0.1, -0.05) is 12.1 Å². The second-order valence-electron chi connectivity index (χ2n) is 5.01. The summed E-state index contributed by atoms with van der Waals surface area (Å²) in [7, 11) is 0. The highest BCUT2D eigenvalue weighted by atomic mass is 16.5. The van der Waals surface area contributed by atoms with Crippen molar-refractivity contribution in [3.8, 4) is 5.75 Å². The fraction of sp³-hybridized carbons (Fsp3) is 0.385. The van der Waals surface area contributed by atoms with Gasteiger partial charge in [0.05, 0.1) is 5.69 Å². The second kappa shape index (κ2) is 6.08. The molecule has 0 aliphatic heterocycles. The fourth-order valence-corrected chi connectivity index (χ4v) is 1.33. The number of carboxylic acids is 1. The molecule has 0 radical (unpaired) electrons. The summed E-state index contributed by atoms with van der Waals surface area (Å²) in [5.74, 6) is -0.761.